The summed E-state index contributed by atoms with van der Waals surface area (Å²) in [6.45, 7) is 0. The molecule has 2 heterocycles. The van der Waals surface area contributed by atoms with E-state index in [0.717, 1.165) is 23.7 Å². The van der Waals surface area contributed by atoms with Crippen LogP contribution in [0.4, 0.5) is 11.9 Å². The molecular weight excluding hydrogens is 268 g/mol. The summed E-state index contributed by atoms with van der Waals surface area (Å²) in [6, 6.07) is 0.515. The molecule has 4 unspecified atom stereocenters. The molecule has 4 atom stereocenters. The van der Waals surface area contributed by atoms with Crippen molar-refractivity contribution in [1.29, 1.82) is 0 Å². The van der Waals surface area contributed by atoms with Gasteiger partial charge in [0.15, 0.2) is 0 Å². The van der Waals surface area contributed by atoms with Crippen LogP contribution in [0.1, 0.15) is 19.3 Å². The van der Waals surface area contributed by atoms with E-state index in [1.807, 2.05) is 0 Å². The Bertz CT molecular complexity index is 667. The van der Waals surface area contributed by atoms with E-state index in [2.05, 4.69) is 30.4 Å². The highest BCUT2D eigenvalue weighted by atomic mass is 15.4. The van der Waals surface area contributed by atoms with Gasteiger partial charge in [-0.15, -0.1) is 0 Å². The van der Waals surface area contributed by atoms with E-state index < -0.39 is 0 Å². The van der Waals surface area contributed by atoms with E-state index >= 15 is 0 Å². The second kappa shape index (κ2) is 3.90. The molecular formula is C13H16N8. The van der Waals surface area contributed by atoms with Gasteiger partial charge in [0.25, 0.3) is 5.95 Å². The Hall–Kier alpha value is -2.25. The lowest BCUT2D eigenvalue weighted by Crippen LogP contribution is -2.17. The summed E-state index contributed by atoms with van der Waals surface area (Å²) in [6.07, 6.45) is 7.21. The third-order valence-corrected chi connectivity index (χ3v) is 5.30. The van der Waals surface area contributed by atoms with Crippen LogP contribution in [-0.4, -0.2) is 35.8 Å². The van der Waals surface area contributed by atoms with Crippen molar-refractivity contribution in [2.45, 2.75) is 25.3 Å². The highest BCUT2D eigenvalue weighted by molar-refractivity contribution is 5.39. The normalized spacial score (nSPS) is 35.7. The predicted molar refractivity (Wildman–Crippen MR) is 74.4 cm³/mol. The number of hydrogen-bond donors (Lipinski definition) is 2. The molecule has 0 amide bonds. The first-order chi connectivity index (χ1) is 10.3. The monoisotopic (exact) mass is 284 g/mol. The number of nitrogens with two attached hydrogens (primary N) is 1. The summed E-state index contributed by atoms with van der Waals surface area (Å²) in [5, 5.41) is 7.48. The molecule has 3 aliphatic rings. The molecule has 2 aromatic rings. The smallest absolute Gasteiger partial charge is 0.258 e. The summed E-state index contributed by atoms with van der Waals surface area (Å²) in [5.41, 5.74) is 5.78. The minimum atomic E-state index is 0.201. The van der Waals surface area contributed by atoms with Gasteiger partial charge in [0.2, 0.25) is 11.9 Å². The highest BCUT2D eigenvalue weighted by Crippen LogP contribution is 2.66. The van der Waals surface area contributed by atoms with Crippen LogP contribution in [0.3, 0.4) is 0 Å². The Morgan fingerprint density at radius 2 is 1.95 bits per heavy atom. The molecule has 8 nitrogen and oxygen atoms in total. The number of anilines is 2. The lowest BCUT2D eigenvalue weighted by Gasteiger charge is -2.11. The number of nitrogen functional groups attached to an aromatic ring is 1. The average Bonchev–Trinajstić information content (AvgIpc) is 2.97. The van der Waals surface area contributed by atoms with Crippen LogP contribution in [0.15, 0.2) is 12.7 Å². The van der Waals surface area contributed by atoms with Crippen molar-refractivity contribution < 1.29 is 0 Å². The molecule has 3 saturated carbocycles. The van der Waals surface area contributed by atoms with Crippen molar-refractivity contribution >= 4 is 11.9 Å². The van der Waals surface area contributed by atoms with Crippen LogP contribution in [0.25, 0.3) is 5.95 Å². The van der Waals surface area contributed by atoms with E-state index in [0.29, 0.717) is 17.9 Å². The molecule has 2 aromatic heterocycles. The van der Waals surface area contributed by atoms with Crippen LogP contribution in [-0.2, 0) is 0 Å². The topological polar surface area (TPSA) is 107 Å². The Labute approximate surface area is 121 Å². The molecule has 8 heteroatoms. The Balaban J connectivity index is 1.40. The number of fused-ring (bicyclic) bond motifs is 5. The lowest BCUT2D eigenvalue weighted by molar-refractivity contribution is 0.456. The van der Waals surface area contributed by atoms with Gasteiger partial charge in [0, 0.05) is 6.04 Å². The Kier molecular flexibility index (Phi) is 2.12. The first-order valence-electron chi connectivity index (χ1n) is 7.43. The minimum absolute atomic E-state index is 0.201. The zero-order chi connectivity index (χ0) is 14.0. The summed E-state index contributed by atoms with van der Waals surface area (Å²) in [5.74, 6) is 4.60. The maximum absolute atomic E-state index is 5.78. The number of hydrogen-bond acceptors (Lipinski definition) is 7. The molecule has 0 spiro atoms. The summed E-state index contributed by atoms with van der Waals surface area (Å²) in [4.78, 5) is 16.6. The molecule has 3 aliphatic carbocycles. The van der Waals surface area contributed by atoms with Gasteiger partial charge < -0.3 is 11.1 Å². The van der Waals surface area contributed by atoms with Gasteiger partial charge in [0.05, 0.1) is 0 Å². The zero-order valence-corrected chi connectivity index (χ0v) is 11.4. The highest BCUT2D eigenvalue weighted by Gasteiger charge is 2.65. The van der Waals surface area contributed by atoms with Gasteiger partial charge in [-0.05, 0) is 42.9 Å². The van der Waals surface area contributed by atoms with Crippen LogP contribution in [0.2, 0.25) is 0 Å². The molecule has 2 bridgehead atoms. The molecule has 0 aliphatic heterocycles. The summed E-state index contributed by atoms with van der Waals surface area (Å²) >= 11 is 0. The molecule has 0 aromatic carbocycles. The van der Waals surface area contributed by atoms with Crippen molar-refractivity contribution in [1.82, 2.24) is 29.7 Å². The van der Waals surface area contributed by atoms with Crippen molar-refractivity contribution in [2.24, 2.45) is 23.7 Å². The average molecular weight is 284 g/mol. The van der Waals surface area contributed by atoms with Crippen molar-refractivity contribution in [3.05, 3.63) is 12.7 Å². The fourth-order valence-corrected chi connectivity index (χ4v) is 4.53. The first kappa shape index (κ1) is 11.4. The van der Waals surface area contributed by atoms with Crippen LogP contribution < -0.4 is 11.1 Å². The molecule has 0 radical (unpaired) electrons. The van der Waals surface area contributed by atoms with E-state index in [9.17, 15) is 0 Å². The maximum Gasteiger partial charge on any atom is 0.258 e. The third-order valence-electron chi connectivity index (χ3n) is 5.30. The van der Waals surface area contributed by atoms with Gasteiger partial charge in [-0.3, -0.25) is 0 Å². The van der Waals surface area contributed by atoms with Gasteiger partial charge in [-0.25, -0.2) is 4.98 Å². The molecule has 108 valence electrons. The molecule has 0 saturated heterocycles. The van der Waals surface area contributed by atoms with Gasteiger partial charge >= 0.3 is 0 Å². The molecule has 5 rings (SSSR count). The van der Waals surface area contributed by atoms with Crippen molar-refractivity contribution in [3.63, 3.8) is 0 Å². The second-order valence-corrected chi connectivity index (χ2v) is 6.32. The predicted octanol–water partition coefficient (Wildman–Crippen LogP) is 0.491. The van der Waals surface area contributed by atoms with Gasteiger partial charge in [0.1, 0.15) is 12.7 Å². The standard InChI is InChI=1S/C13H16N8/c14-11-18-12(20-13(19-11)21-5-15-4-16-21)17-10-8-6-1-2-7(3-6)9(8)10/h4-10H,1-3H2,(H3,14,17,18,19,20). The van der Waals surface area contributed by atoms with Gasteiger partial charge in [-0.1, -0.05) is 0 Å². The quantitative estimate of drug-likeness (QED) is 0.844. The number of aromatic nitrogens is 6. The van der Waals surface area contributed by atoms with Crippen LogP contribution >= 0.6 is 0 Å². The SMILES string of the molecule is Nc1nc(NC2C3C4CCC(C4)C23)nc(-n2cncn2)n1. The zero-order valence-electron chi connectivity index (χ0n) is 11.4. The number of nitrogens with zero attached hydrogens (tertiary/aromatic N) is 6. The largest absolute Gasteiger partial charge is 0.368 e. The van der Waals surface area contributed by atoms with Gasteiger partial charge in [-0.2, -0.15) is 24.7 Å². The minimum Gasteiger partial charge on any atom is -0.368 e. The Morgan fingerprint density at radius 3 is 2.67 bits per heavy atom. The van der Waals surface area contributed by atoms with Crippen LogP contribution in [0.5, 0.6) is 0 Å². The fourth-order valence-electron chi connectivity index (χ4n) is 4.53. The maximum atomic E-state index is 5.78. The molecule has 3 N–H and O–H groups in total. The van der Waals surface area contributed by atoms with E-state index in [-0.39, 0.29) is 5.95 Å². The second-order valence-electron chi connectivity index (χ2n) is 6.32. The van der Waals surface area contributed by atoms with E-state index in [4.69, 9.17) is 5.73 Å². The third kappa shape index (κ3) is 1.64. The molecule has 3 fully saturated rings. The fraction of sp³-hybridized carbons (Fsp3) is 0.615. The number of nitrogens with one attached hydrogen (secondary N) is 1. The van der Waals surface area contributed by atoms with Crippen molar-refractivity contribution in [2.75, 3.05) is 11.1 Å². The van der Waals surface area contributed by atoms with Crippen molar-refractivity contribution in [3.8, 4) is 5.95 Å². The summed E-state index contributed by atoms with van der Waals surface area (Å²) < 4.78 is 1.49. The molecule has 21 heavy (non-hydrogen) atoms. The number of rotatable bonds is 3. The van der Waals surface area contributed by atoms with Crippen LogP contribution in [0, 0.1) is 23.7 Å². The van der Waals surface area contributed by atoms with E-state index in [1.54, 1.807) is 6.33 Å². The van der Waals surface area contributed by atoms with E-state index in [1.165, 1.54) is 30.3 Å². The lowest BCUT2D eigenvalue weighted by atomic mass is 10.0. The summed E-state index contributed by atoms with van der Waals surface area (Å²) in [7, 11) is 0. The first-order valence-corrected chi connectivity index (χ1v) is 7.43. The Morgan fingerprint density at radius 1 is 1.14 bits per heavy atom.